The molecule has 1 rings (SSSR count). The lowest BCUT2D eigenvalue weighted by Gasteiger charge is -2.27. The molecule has 0 aromatic rings. The quantitative estimate of drug-likeness (QED) is 0.782. The molecule has 1 heterocycles. The van der Waals surface area contributed by atoms with E-state index in [-0.39, 0.29) is 11.7 Å². The number of carbonyl (C=O) groups is 1. The van der Waals surface area contributed by atoms with Crippen LogP contribution >= 0.6 is 0 Å². The summed E-state index contributed by atoms with van der Waals surface area (Å²) in [6.07, 6.45) is 3.40. The Morgan fingerprint density at radius 1 is 1.60 bits per heavy atom. The molecule has 1 aliphatic heterocycles. The van der Waals surface area contributed by atoms with Crippen LogP contribution in [0.1, 0.15) is 53.4 Å². The molecule has 0 aromatic carbocycles. The molecular formula is C12H22O3. The lowest BCUT2D eigenvalue weighted by molar-refractivity contribution is -0.151. The highest BCUT2D eigenvalue weighted by atomic mass is 16.5. The summed E-state index contributed by atoms with van der Waals surface area (Å²) in [4.78, 5) is 11.1. The monoisotopic (exact) mass is 214 g/mol. The van der Waals surface area contributed by atoms with Gasteiger partial charge in [0, 0.05) is 0 Å². The van der Waals surface area contributed by atoms with Gasteiger partial charge in [0.1, 0.15) is 0 Å². The van der Waals surface area contributed by atoms with Crippen molar-refractivity contribution in [1.29, 1.82) is 0 Å². The van der Waals surface area contributed by atoms with Gasteiger partial charge in [0.2, 0.25) is 0 Å². The summed E-state index contributed by atoms with van der Waals surface area (Å²) in [7, 11) is 0. The normalized spacial score (nSPS) is 28.7. The number of rotatable bonds is 4. The fourth-order valence-electron chi connectivity index (χ4n) is 2.11. The number of hydrogen-bond donors (Lipinski definition) is 1. The topological polar surface area (TPSA) is 46.5 Å². The minimum atomic E-state index is -0.710. The summed E-state index contributed by atoms with van der Waals surface area (Å²) in [5.41, 5.74) is -0.705. The Kier molecular flexibility index (Phi) is 3.44. The fraction of sp³-hybridized carbons (Fsp3) is 0.917. The molecule has 2 atom stereocenters. The van der Waals surface area contributed by atoms with Crippen molar-refractivity contribution in [1.82, 2.24) is 0 Å². The van der Waals surface area contributed by atoms with Gasteiger partial charge in [-0.1, -0.05) is 6.92 Å². The first-order chi connectivity index (χ1) is 6.79. The maximum absolute atomic E-state index is 11.1. The van der Waals surface area contributed by atoms with E-state index in [9.17, 15) is 4.79 Å². The number of carboxylic acids is 1. The lowest BCUT2D eigenvalue weighted by atomic mass is 9.81. The van der Waals surface area contributed by atoms with Crippen LogP contribution in [-0.4, -0.2) is 22.8 Å². The highest BCUT2D eigenvalue weighted by Crippen LogP contribution is 2.37. The predicted octanol–water partition coefficient (Wildman–Crippen LogP) is 2.84. The Hall–Kier alpha value is -0.570. The van der Waals surface area contributed by atoms with E-state index in [0.717, 1.165) is 12.8 Å². The SMILES string of the molecule is CCC(C)(CC1CCC(C)(C)O1)C(=O)O. The molecule has 1 saturated heterocycles. The molecule has 1 N–H and O–H groups in total. The molecule has 0 bridgehead atoms. The Bertz CT molecular complexity index is 247. The first kappa shape index (κ1) is 12.5. The van der Waals surface area contributed by atoms with E-state index in [4.69, 9.17) is 9.84 Å². The molecule has 0 spiro atoms. The van der Waals surface area contributed by atoms with Crippen molar-refractivity contribution in [3.63, 3.8) is 0 Å². The average molecular weight is 214 g/mol. The molecule has 0 saturated carbocycles. The van der Waals surface area contributed by atoms with Crippen LogP contribution in [0.25, 0.3) is 0 Å². The molecule has 0 amide bonds. The Labute approximate surface area is 91.8 Å². The van der Waals surface area contributed by atoms with Gasteiger partial charge in [-0.2, -0.15) is 0 Å². The van der Waals surface area contributed by atoms with E-state index in [1.807, 2.05) is 13.8 Å². The van der Waals surface area contributed by atoms with Gasteiger partial charge in [-0.25, -0.2) is 0 Å². The third-order valence-corrected chi connectivity index (χ3v) is 3.53. The minimum absolute atomic E-state index is 0.0716. The molecule has 1 aliphatic rings. The first-order valence-electron chi connectivity index (χ1n) is 5.70. The number of aliphatic carboxylic acids is 1. The predicted molar refractivity (Wildman–Crippen MR) is 58.8 cm³/mol. The molecule has 0 aromatic heterocycles. The van der Waals surface area contributed by atoms with E-state index < -0.39 is 11.4 Å². The van der Waals surface area contributed by atoms with Crippen LogP contribution < -0.4 is 0 Å². The zero-order chi connectivity index (χ0) is 11.7. The maximum Gasteiger partial charge on any atom is 0.309 e. The second-order valence-corrected chi connectivity index (χ2v) is 5.46. The summed E-state index contributed by atoms with van der Waals surface area (Å²) >= 11 is 0. The molecule has 0 aliphatic carbocycles. The summed E-state index contributed by atoms with van der Waals surface area (Å²) in [6.45, 7) is 7.87. The molecule has 1 fully saturated rings. The molecule has 3 heteroatoms. The van der Waals surface area contributed by atoms with Crippen LogP contribution in [0.15, 0.2) is 0 Å². The third kappa shape index (κ3) is 2.94. The molecule has 88 valence electrons. The summed E-state index contributed by atoms with van der Waals surface area (Å²) < 4.78 is 5.83. The summed E-state index contributed by atoms with van der Waals surface area (Å²) in [6, 6.07) is 0. The van der Waals surface area contributed by atoms with Crippen molar-refractivity contribution < 1.29 is 14.6 Å². The van der Waals surface area contributed by atoms with Gasteiger partial charge in [0.25, 0.3) is 0 Å². The van der Waals surface area contributed by atoms with Gasteiger partial charge in [-0.15, -0.1) is 0 Å². The maximum atomic E-state index is 11.1. The van der Waals surface area contributed by atoms with Gasteiger partial charge >= 0.3 is 5.97 Å². The number of hydrogen-bond acceptors (Lipinski definition) is 2. The van der Waals surface area contributed by atoms with Crippen LogP contribution in [0.5, 0.6) is 0 Å². The average Bonchev–Trinajstić information content (AvgIpc) is 2.45. The molecular weight excluding hydrogens is 192 g/mol. The zero-order valence-corrected chi connectivity index (χ0v) is 10.2. The van der Waals surface area contributed by atoms with E-state index >= 15 is 0 Å². The van der Waals surface area contributed by atoms with Gasteiger partial charge in [-0.05, 0) is 46.5 Å². The summed E-state index contributed by atoms with van der Waals surface area (Å²) in [5, 5.41) is 9.17. The highest BCUT2D eigenvalue weighted by Gasteiger charge is 2.39. The van der Waals surface area contributed by atoms with E-state index in [0.29, 0.717) is 12.8 Å². The zero-order valence-electron chi connectivity index (χ0n) is 10.2. The van der Waals surface area contributed by atoms with Gasteiger partial charge < -0.3 is 9.84 Å². The minimum Gasteiger partial charge on any atom is -0.481 e. The Morgan fingerprint density at radius 2 is 2.20 bits per heavy atom. The summed E-state index contributed by atoms with van der Waals surface area (Å²) in [5.74, 6) is -0.710. The second kappa shape index (κ2) is 4.12. The van der Waals surface area contributed by atoms with Gasteiger partial charge in [0.05, 0.1) is 17.1 Å². The van der Waals surface area contributed by atoms with E-state index in [1.54, 1.807) is 0 Å². The second-order valence-electron chi connectivity index (χ2n) is 5.46. The molecule has 2 unspecified atom stereocenters. The third-order valence-electron chi connectivity index (χ3n) is 3.53. The van der Waals surface area contributed by atoms with Crippen molar-refractivity contribution >= 4 is 5.97 Å². The first-order valence-corrected chi connectivity index (χ1v) is 5.70. The Balaban J connectivity index is 2.58. The number of carboxylic acid groups (broad SMARTS) is 1. The van der Waals surface area contributed by atoms with Crippen LogP contribution in [0.3, 0.4) is 0 Å². The molecule has 0 radical (unpaired) electrons. The van der Waals surface area contributed by atoms with Crippen molar-refractivity contribution in [2.45, 2.75) is 65.1 Å². The highest BCUT2D eigenvalue weighted by molar-refractivity contribution is 5.74. The molecule has 3 nitrogen and oxygen atoms in total. The van der Waals surface area contributed by atoms with Gasteiger partial charge in [0.15, 0.2) is 0 Å². The lowest BCUT2D eigenvalue weighted by Crippen LogP contribution is -2.32. The van der Waals surface area contributed by atoms with E-state index in [1.165, 1.54) is 0 Å². The van der Waals surface area contributed by atoms with Crippen LogP contribution in [-0.2, 0) is 9.53 Å². The van der Waals surface area contributed by atoms with E-state index in [2.05, 4.69) is 13.8 Å². The van der Waals surface area contributed by atoms with Crippen molar-refractivity contribution in [3.8, 4) is 0 Å². The van der Waals surface area contributed by atoms with Crippen molar-refractivity contribution in [2.24, 2.45) is 5.41 Å². The largest absolute Gasteiger partial charge is 0.481 e. The smallest absolute Gasteiger partial charge is 0.309 e. The van der Waals surface area contributed by atoms with Crippen LogP contribution in [0, 0.1) is 5.41 Å². The number of ether oxygens (including phenoxy) is 1. The van der Waals surface area contributed by atoms with Crippen LogP contribution in [0.4, 0.5) is 0 Å². The molecule has 15 heavy (non-hydrogen) atoms. The van der Waals surface area contributed by atoms with Crippen molar-refractivity contribution in [2.75, 3.05) is 0 Å². The standard InChI is InChI=1S/C12H22O3/c1-5-12(4,10(13)14)8-9-6-7-11(2,3)15-9/h9H,5-8H2,1-4H3,(H,13,14). The Morgan fingerprint density at radius 3 is 2.53 bits per heavy atom. The fourth-order valence-corrected chi connectivity index (χ4v) is 2.11. The van der Waals surface area contributed by atoms with Crippen molar-refractivity contribution in [3.05, 3.63) is 0 Å². The van der Waals surface area contributed by atoms with Gasteiger partial charge in [-0.3, -0.25) is 4.79 Å². The van der Waals surface area contributed by atoms with Crippen LogP contribution in [0.2, 0.25) is 0 Å².